The van der Waals surface area contributed by atoms with E-state index in [2.05, 4.69) is 45.1 Å². The van der Waals surface area contributed by atoms with E-state index in [1.165, 1.54) is 24.4 Å². The van der Waals surface area contributed by atoms with Gasteiger partial charge in [-0.1, -0.05) is 25.6 Å². The second-order valence-electron chi connectivity index (χ2n) is 7.56. The highest BCUT2D eigenvalue weighted by Gasteiger charge is 2.21. The lowest BCUT2D eigenvalue weighted by Crippen LogP contribution is -2.20. The molecule has 2 heterocycles. The molecule has 0 atom stereocenters. The zero-order valence-corrected chi connectivity index (χ0v) is 18.8. The highest BCUT2D eigenvalue weighted by atomic mass is 16.5. The van der Waals surface area contributed by atoms with Gasteiger partial charge in [0.1, 0.15) is 5.75 Å². The molecule has 0 saturated carbocycles. The Balaban J connectivity index is 1.57. The van der Waals surface area contributed by atoms with Crippen LogP contribution in [0.5, 0.6) is 17.4 Å². The lowest BCUT2D eigenvalue weighted by molar-refractivity contribution is -0.111. The Morgan fingerprint density at radius 1 is 1.27 bits per heavy atom. The van der Waals surface area contributed by atoms with Gasteiger partial charge in [-0.3, -0.25) is 4.79 Å². The number of hydrogen-bond donors (Lipinski definition) is 2. The number of methoxy groups -OCH3 is 1. The molecule has 1 aliphatic rings. The molecule has 2 aromatic carbocycles. The van der Waals surface area contributed by atoms with Gasteiger partial charge in [-0.25, -0.2) is 4.98 Å². The molecule has 1 aromatic heterocycles. The van der Waals surface area contributed by atoms with Crippen LogP contribution in [0.15, 0.2) is 61.3 Å². The van der Waals surface area contributed by atoms with Gasteiger partial charge < -0.3 is 25.0 Å². The van der Waals surface area contributed by atoms with Crippen molar-refractivity contribution in [2.24, 2.45) is 0 Å². The maximum Gasteiger partial charge on any atom is 0.267 e. The van der Waals surface area contributed by atoms with Crippen LogP contribution in [0.4, 0.5) is 23.0 Å². The summed E-state index contributed by atoms with van der Waals surface area (Å²) in [6.45, 7) is 7.71. The largest absolute Gasteiger partial charge is 0.490 e. The molecule has 8 nitrogen and oxygen atoms in total. The molecule has 0 unspecified atom stereocenters. The summed E-state index contributed by atoms with van der Waals surface area (Å²) in [5, 5.41) is 6.05. The molecule has 0 fully saturated rings. The number of nitrogens with one attached hydrogen (secondary N) is 2. The first-order valence-electron chi connectivity index (χ1n) is 10.9. The minimum atomic E-state index is -0.300. The van der Waals surface area contributed by atoms with Gasteiger partial charge in [0, 0.05) is 41.8 Å². The van der Waals surface area contributed by atoms with Gasteiger partial charge in [0.15, 0.2) is 5.75 Å². The van der Waals surface area contributed by atoms with Crippen LogP contribution in [0.1, 0.15) is 18.9 Å². The van der Waals surface area contributed by atoms with Crippen molar-refractivity contribution in [3.8, 4) is 17.4 Å². The number of carbonyl (C=O) groups is 1. The summed E-state index contributed by atoms with van der Waals surface area (Å²) in [6.07, 6.45) is 4.86. The van der Waals surface area contributed by atoms with Crippen molar-refractivity contribution >= 4 is 28.9 Å². The lowest BCUT2D eigenvalue weighted by Gasteiger charge is -2.19. The number of anilines is 4. The lowest BCUT2D eigenvalue weighted by atomic mass is 10.1. The summed E-state index contributed by atoms with van der Waals surface area (Å²) in [7, 11) is 1.53. The third kappa shape index (κ3) is 5.06. The zero-order chi connectivity index (χ0) is 23.2. The van der Waals surface area contributed by atoms with Crippen LogP contribution in [0.2, 0.25) is 0 Å². The van der Waals surface area contributed by atoms with E-state index in [1.54, 1.807) is 30.5 Å². The van der Waals surface area contributed by atoms with Gasteiger partial charge in [0.2, 0.25) is 11.9 Å². The molecular weight excluding hydrogens is 418 g/mol. The van der Waals surface area contributed by atoms with E-state index in [-0.39, 0.29) is 11.8 Å². The Hall–Kier alpha value is -4.07. The fraction of sp³-hybridized carbons (Fsp3) is 0.240. The van der Waals surface area contributed by atoms with Gasteiger partial charge >= 0.3 is 0 Å². The molecule has 0 bridgehead atoms. The van der Waals surface area contributed by atoms with Crippen LogP contribution < -0.4 is 25.0 Å². The van der Waals surface area contributed by atoms with Crippen molar-refractivity contribution < 1.29 is 14.3 Å². The number of aromatic nitrogens is 2. The number of amides is 1. The van der Waals surface area contributed by atoms with E-state index in [4.69, 9.17) is 9.47 Å². The Morgan fingerprint density at radius 2 is 2.12 bits per heavy atom. The maximum atomic E-state index is 11.6. The Labute approximate surface area is 193 Å². The van der Waals surface area contributed by atoms with E-state index in [0.717, 1.165) is 31.6 Å². The van der Waals surface area contributed by atoms with Gasteiger partial charge in [-0.05, 0) is 43.2 Å². The summed E-state index contributed by atoms with van der Waals surface area (Å²) < 4.78 is 11.4. The van der Waals surface area contributed by atoms with Crippen LogP contribution >= 0.6 is 0 Å². The second-order valence-corrected chi connectivity index (χ2v) is 7.56. The fourth-order valence-corrected chi connectivity index (χ4v) is 3.81. The third-order valence-electron chi connectivity index (χ3n) is 5.31. The third-order valence-corrected chi connectivity index (χ3v) is 5.31. The Kier molecular flexibility index (Phi) is 6.73. The summed E-state index contributed by atoms with van der Waals surface area (Å²) in [5.41, 5.74) is 4.08. The monoisotopic (exact) mass is 445 g/mol. The van der Waals surface area contributed by atoms with Crippen molar-refractivity contribution in [1.82, 2.24) is 9.97 Å². The van der Waals surface area contributed by atoms with Crippen LogP contribution in [0.3, 0.4) is 0 Å². The number of fused-ring (bicyclic) bond motifs is 1. The number of ether oxygens (including phenoxy) is 2. The molecule has 33 heavy (non-hydrogen) atoms. The molecule has 0 saturated heterocycles. The smallest absolute Gasteiger partial charge is 0.267 e. The first-order chi connectivity index (χ1) is 16.1. The highest BCUT2D eigenvalue weighted by Crippen LogP contribution is 2.36. The summed E-state index contributed by atoms with van der Waals surface area (Å²) in [6, 6.07) is 13.2. The number of benzene rings is 2. The molecular formula is C25H27N5O3. The van der Waals surface area contributed by atoms with Gasteiger partial charge in [0.25, 0.3) is 5.88 Å². The molecule has 1 aliphatic heterocycles. The molecule has 1 amide bonds. The van der Waals surface area contributed by atoms with E-state index >= 15 is 0 Å². The van der Waals surface area contributed by atoms with Crippen LogP contribution in [-0.2, 0) is 11.2 Å². The number of carbonyl (C=O) groups excluding carboxylic acids is 1. The molecule has 0 spiro atoms. The van der Waals surface area contributed by atoms with Crippen molar-refractivity contribution in [3.05, 3.63) is 66.9 Å². The second kappa shape index (κ2) is 10.0. The van der Waals surface area contributed by atoms with Crippen molar-refractivity contribution in [1.29, 1.82) is 0 Å². The summed E-state index contributed by atoms with van der Waals surface area (Å²) >= 11 is 0. The molecule has 2 N–H and O–H groups in total. The van der Waals surface area contributed by atoms with E-state index in [0.29, 0.717) is 23.1 Å². The van der Waals surface area contributed by atoms with Crippen LogP contribution in [0, 0.1) is 0 Å². The number of nitrogens with zero attached hydrogens (tertiary/aromatic N) is 3. The van der Waals surface area contributed by atoms with Crippen LogP contribution in [-0.4, -0.2) is 36.1 Å². The Bertz CT molecular complexity index is 1160. The van der Waals surface area contributed by atoms with E-state index in [9.17, 15) is 4.79 Å². The van der Waals surface area contributed by atoms with Gasteiger partial charge in [-0.15, -0.1) is 0 Å². The highest BCUT2D eigenvalue weighted by molar-refractivity contribution is 5.98. The molecule has 3 aromatic rings. The Morgan fingerprint density at radius 3 is 2.91 bits per heavy atom. The minimum absolute atomic E-state index is 0.266. The van der Waals surface area contributed by atoms with Crippen molar-refractivity contribution in [3.63, 3.8) is 0 Å². The molecule has 170 valence electrons. The van der Waals surface area contributed by atoms with E-state index in [1.807, 2.05) is 12.1 Å². The SMILES string of the molecule is C=CC(=O)Nc1cccc(Oc2nc(Nc3cccc4c3CCN4CCC)ncc2OC)c1. The van der Waals surface area contributed by atoms with Crippen LogP contribution in [0.25, 0.3) is 0 Å². The first-order valence-corrected chi connectivity index (χ1v) is 10.9. The van der Waals surface area contributed by atoms with E-state index < -0.39 is 0 Å². The summed E-state index contributed by atoms with van der Waals surface area (Å²) in [5.74, 6) is 1.27. The number of rotatable bonds is 9. The standard InChI is InChI=1S/C25H27N5O3/c1-4-13-30-14-12-19-20(10-7-11-21(19)30)28-25-26-16-22(32-3)24(29-25)33-18-9-6-8-17(15-18)27-23(31)5-2/h5-11,15-16H,2,4,12-14H2,1,3H3,(H,27,31)(H,26,28,29). The quantitative estimate of drug-likeness (QED) is 0.452. The van der Waals surface area contributed by atoms with Gasteiger partial charge in [0.05, 0.1) is 13.3 Å². The number of hydrogen-bond acceptors (Lipinski definition) is 7. The fourth-order valence-electron chi connectivity index (χ4n) is 3.81. The maximum absolute atomic E-state index is 11.6. The normalized spacial score (nSPS) is 12.1. The van der Waals surface area contributed by atoms with Crippen molar-refractivity contribution in [2.45, 2.75) is 19.8 Å². The molecule has 0 aliphatic carbocycles. The predicted octanol–water partition coefficient (Wildman–Crippen LogP) is 4.92. The van der Waals surface area contributed by atoms with Gasteiger partial charge in [-0.2, -0.15) is 4.98 Å². The minimum Gasteiger partial charge on any atom is -0.490 e. The molecule has 0 radical (unpaired) electrons. The predicted molar refractivity (Wildman–Crippen MR) is 130 cm³/mol. The average molecular weight is 446 g/mol. The zero-order valence-electron chi connectivity index (χ0n) is 18.8. The average Bonchev–Trinajstić information content (AvgIpc) is 3.24. The topological polar surface area (TPSA) is 88.6 Å². The molecule has 4 rings (SSSR count). The summed E-state index contributed by atoms with van der Waals surface area (Å²) in [4.78, 5) is 22.9. The first kappa shape index (κ1) is 22.1. The van der Waals surface area contributed by atoms with Crippen molar-refractivity contribution in [2.75, 3.05) is 35.7 Å². The molecule has 8 heteroatoms.